The summed E-state index contributed by atoms with van der Waals surface area (Å²) in [5.74, 6) is 0.279. The molecule has 3 aliphatic carbocycles. The first-order valence-corrected chi connectivity index (χ1v) is 22.1. The van der Waals surface area contributed by atoms with Crippen LogP contribution in [0.15, 0.2) is 23.6 Å². The number of pyridine rings is 1. The molecular weight excluding hydrogens is 792 g/mol. The second-order valence-corrected chi connectivity index (χ2v) is 19.8. The third-order valence-electron chi connectivity index (χ3n) is 12.8. The lowest BCUT2D eigenvalue weighted by atomic mass is 9.77. The maximum Gasteiger partial charge on any atom is 0.357 e. The summed E-state index contributed by atoms with van der Waals surface area (Å²) < 4.78 is 23.6. The number of hydrogen-bond acceptors (Lipinski definition) is 11. The van der Waals surface area contributed by atoms with Crippen LogP contribution in [0.3, 0.4) is 0 Å². The Labute approximate surface area is 355 Å². The quantitative estimate of drug-likeness (QED) is 0.102. The number of methoxy groups -OCH3 is 1. The van der Waals surface area contributed by atoms with Gasteiger partial charge in [0, 0.05) is 36.1 Å². The first kappa shape index (κ1) is 42.8. The van der Waals surface area contributed by atoms with Crippen molar-refractivity contribution in [3.63, 3.8) is 0 Å². The van der Waals surface area contributed by atoms with Crippen molar-refractivity contribution in [3.8, 4) is 22.9 Å². The van der Waals surface area contributed by atoms with Crippen molar-refractivity contribution in [2.24, 2.45) is 40.4 Å². The summed E-state index contributed by atoms with van der Waals surface area (Å²) in [6, 6.07) is 4.33. The Morgan fingerprint density at radius 3 is 2.44 bits per heavy atom. The number of nitrogens with zero attached hydrogens (tertiary/aromatic N) is 4. The number of halogens is 1. The molecule has 3 saturated carbocycles. The number of rotatable bonds is 16. The number of hydrogen-bond donors (Lipinski definition) is 0. The van der Waals surface area contributed by atoms with E-state index in [0.29, 0.717) is 58.0 Å². The molecule has 2 aromatic heterocycles. The smallest absolute Gasteiger partial charge is 0.357 e. The van der Waals surface area contributed by atoms with Crippen molar-refractivity contribution in [2.45, 2.75) is 118 Å². The van der Waals surface area contributed by atoms with Gasteiger partial charge in [-0.3, -0.25) is 24.0 Å². The molecule has 8 atom stereocenters. The molecule has 0 bridgehead atoms. The van der Waals surface area contributed by atoms with Crippen LogP contribution in [0, 0.1) is 47.0 Å². The Balaban J connectivity index is 1.21. The first-order valence-electron chi connectivity index (χ1n) is 20.9. The van der Waals surface area contributed by atoms with E-state index in [4.69, 9.17) is 47.1 Å². The number of benzene rings is 1. The Morgan fingerprint density at radius 2 is 1.80 bits per heavy atom. The van der Waals surface area contributed by atoms with E-state index in [1.54, 1.807) is 34.4 Å². The minimum Gasteiger partial charge on any atom is -0.488 e. The van der Waals surface area contributed by atoms with Gasteiger partial charge in [0.25, 0.3) is 0 Å². The van der Waals surface area contributed by atoms with Gasteiger partial charge in [0.15, 0.2) is 5.78 Å². The van der Waals surface area contributed by atoms with Crippen LogP contribution in [0.1, 0.15) is 97.9 Å². The average molecular weight is 847 g/mol. The Hall–Kier alpha value is -4.28. The topological polar surface area (TPSA) is 139 Å². The van der Waals surface area contributed by atoms with Crippen LogP contribution >= 0.6 is 22.9 Å². The van der Waals surface area contributed by atoms with Crippen LogP contribution in [-0.2, 0) is 35.1 Å². The van der Waals surface area contributed by atoms with Crippen LogP contribution in [0.5, 0.6) is 11.5 Å². The number of ether oxygens (including phenoxy) is 4. The van der Waals surface area contributed by atoms with Gasteiger partial charge in [-0.15, -0.1) is 11.3 Å². The van der Waals surface area contributed by atoms with Gasteiger partial charge in [-0.1, -0.05) is 59.6 Å². The van der Waals surface area contributed by atoms with E-state index >= 15 is 0 Å². The lowest BCUT2D eigenvalue weighted by molar-refractivity contribution is -0.157. The van der Waals surface area contributed by atoms with Crippen LogP contribution in [0.4, 0.5) is 0 Å². The monoisotopic (exact) mass is 846 g/mol. The summed E-state index contributed by atoms with van der Waals surface area (Å²) in [6.45, 7) is 19.1. The van der Waals surface area contributed by atoms with Crippen LogP contribution in [0.2, 0.25) is 5.02 Å². The van der Waals surface area contributed by atoms with Gasteiger partial charge in [-0.05, 0) is 66.9 Å². The fraction of sp³-hybridized carbons (Fsp3) is 0.622. The van der Waals surface area contributed by atoms with E-state index in [2.05, 4.69) is 18.7 Å². The molecule has 0 spiro atoms. The van der Waals surface area contributed by atoms with Crippen molar-refractivity contribution < 1.29 is 38.1 Å². The molecule has 4 aliphatic rings. The molecule has 4 fully saturated rings. The highest BCUT2D eigenvalue weighted by Crippen LogP contribution is 2.58. The normalized spacial score (nSPS) is 26.3. The highest BCUT2D eigenvalue weighted by atomic mass is 35.5. The molecular formula is C45H55ClN4O8S. The van der Waals surface area contributed by atoms with Crippen molar-refractivity contribution >= 4 is 57.5 Å². The SMILES string of the molecule is [C-]#[N+]COc1ccc2c(O[C@H]3C[C@@H](C(=O)C[C@@]4(C(=O)OC)C[C@H]4CC)N(C(=O)C(CC(=O)OC4C[C@@H]5C[C@@H]5C4)C(C)(C)C)C3)cc(-c3csc(CC(C)C)n3)nc2c1Cl. The predicted molar refractivity (Wildman–Crippen MR) is 224 cm³/mol. The summed E-state index contributed by atoms with van der Waals surface area (Å²) in [4.78, 5) is 70.6. The number of fused-ring (bicyclic) bond motifs is 2. The van der Waals surface area contributed by atoms with E-state index in [9.17, 15) is 19.2 Å². The molecule has 12 nitrogen and oxygen atoms in total. The number of thiazole rings is 1. The molecule has 1 aliphatic heterocycles. The van der Waals surface area contributed by atoms with Crippen molar-refractivity contribution in [1.82, 2.24) is 14.9 Å². The minimum absolute atomic E-state index is 0.0111. The molecule has 14 heteroatoms. The standard InChI is InChI=1S/C45H55ClN4O8S/c1-9-27-19-45(27,43(54)55-8)20-35(51)34-16-29(21-50(34)42(53)31(44(4,5)6)17-39(52)58-28-14-25-13-26(25)15-28)57-37-18-32(33-22-59-38(48-33)12-24(2)3)49-41-30(37)10-11-36(40(41)46)56-23-47-7/h10-11,18,22,24-29,31,34H,9,12-17,19-21,23H2,1-6,8H3/t25-,26+,27-,28?,29+,31?,34+,45+/m1/s1. The molecule has 1 amide bonds. The lowest BCUT2D eigenvalue weighted by Gasteiger charge is -2.35. The van der Waals surface area contributed by atoms with E-state index < -0.39 is 40.8 Å². The molecule has 7 rings (SSSR count). The highest BCUT2D eigenvalue weighted by molar-refractivity contribution is 7.09. The fourth-order valence-corrected chi connectivity index (χ4v) is 10.6. The Morgan fingerprint density at radius 1 is 1.05 bits per heavy atom. The number of ketones is 1. The zero-order valence-corrected chi connectivity index (χ0v) is 36.6. The zero-order chi connectivity index (χ0) is 42.4. The number of Topliss-reactive ketones (excluding diaryl/α,β-unsaturated/α-hetero) is 1. The second kappa shape index (κ2) is 17.0. The first-order chi connectivity index (χ1) is 28.0. The molecule has 3 heterocycles. The number of aromatic nitrogens is 2. The number of carbonyl (C=O) groups excluding carboxylic acids is 4. The predicted octanol–water partition coefficient (Wildman–Crippen LogP) is 8.76. The zero-order valence-electron chi connectivity index (χ0n) is 35.0. The summed E-state index contributed by atoms with van der Waals surface area (Å²) in [5, 5.41) is 3.70. The molecule has 316 valence electrons. The molecule has 1 aromatic carbocycles. The van der Waals surface area contributed by atoms with Crippen molar-refractivity contribution in [2.75, 3.05) is 20.4 Å². The van der Waals surface area contributed by atoms with E-state index in [1.807, 2.05) is 33.1 Å². The summed E-state index contributed by atoms with van der Waals surface area (Å²) >= 11 is 8.45. The van der Waals surface area contributed by atoms with Crippen LogP contribution in [0.25, 0.3) is 27.1 Å². The largest absolute Gasteiger partial charge is 0.488 e. The number of esters is 2. The molecule has 59 heavy (non-hydrogen) atoms. The summed E-state index contributed by atoms with van der Waals surface area (Å²) in [7, 11) is 1.34. The van der Waals surface area contributed by atoms with Gasteiger partial charge in [-0.2, -0.15) is 0 Å². The van der Waals surface area contributed by atoms with Crippen molar-refractivity contribution in [3.05, 3.63) is 45.0 Å². The summed E-state index contributed by atoms with van der Waals surface area (Å²) in [6.07, 6.45) is 4.27. The van der Waals surface area contributed by atoms with E-state index in [-0.39, 0.29) is 61.3 Å². The minimum atomic E-state index is -0.925. The maximum absolute atomic E-state index is 14.9. The van der Waals surface area contributed by atoms with Gasteiger partial charge in [0.05, 0.1) is 59.4 Å². The van der Waals surface area contributed by atoms with Gasteiger partial charge in [0.2, 0.25) is 5.91 Å². The van der Waals surface area contributed by atoms with Gasteiger partial charge >= 0.3 is 18.7 Å². The van der Waals surface area contributed by atoms with Gasteiger partial charge < -0.3 is 23.8 Å². The van der Waals surface area contributed by atoms with Gasteiger partial charge in [0.1, 0.15) is 28.7 Å². The number of amides is 1. The number of likely N-dealkylation sites (tertiary alicyclic amines) is 1. The fourth-order valence-electron chi connectivity index (χ4n) is 9.34. The third-order valence-corrected chi connectivity index (χ3v) is 14.0. The maximum atomic E-state index is 14.9. The molecule has 0 N–H and O–H groups in total. The second-order valence-electron chi connectivity index (χ2n) is 18.5. The summed E-state index contributed by atoms with van der Waals surface area (Å²) in [5.41, 5.74) is -0.00409. The Bertz CT molecular complexity index is 2150. The number of carbonyl (C=O) groups is 4. The van der Waals surface area contributed by atoms with Crippen LogP contribution < -0.4 is 9.47 Å². The molecule has 1 saturated heterocycles. The van der Waals surface area contributed by atoms with Crippen molar-refractivity contribution in [1.29, 1.82) is 0 Å². The lowest BCUT2D eigenvalue weighted by Crippen LogP contribution is -2.48. The Kier molecular flexibility index (Phi) is 12.3. The molecule has 0 radical (unpaired) electrons. The average Bonchev–Trinajstić information content (AvgIpc) is 3.85. The highest BCUT2D eigenvalue weighted by Gasteiger charge is 2.62. The molecule has 3 aromatic rings. The van der Waals surface area contributed by atoms with E-state index in [1.165, 1.54) is 13.5 Å². The molecule has 2 unspecified atom stereocenters. The van der Waals surface area contributed by atoms with Crippen LogP contribution in [-0.4, -0.2) is 77.1 Å². The van der Waals surface area contributed by atoms with Gasteiger partial charge in [-0.25, -0.2) is 16.5 Å². The third kappa shape index (κ3) is 9.09. The van der Waals surface area contributed by atoms with E-state index in [0.717, 1.165) is 30.7 Å².